The third-order valence-electron chi connectivity index (χ3n) is 8.93. The zero-order valence-corrected chi connectivity index (χ0v) is 21.3. The van der Waals surface area contributed by atoms with Crippen LogP contribution in [-0.2, 0) is 28.4 Å². The summed E-state index contributed by atoms with van der Waals surface area (Å²) in [7, 11) is -3.67. The minimum absolute atomic E-state index is 0. The van der Waals surface area contributed by atoms with E-state index in [1.54, 1.807) is 6.07 Å². The minimum atomic E-state index is -3.67. The van der Waals surface area contributed by atoms with Gasteiger partial charge in [-0.1, -0.05) is 24.3 Å². The summed E-state index contributed by atoms with van der Waals surface area (Å²) in [4.78, 5) is 2.56. The van der Waals surface area contributed by atoms with Crippen molar-refractivity contribution in [2.45, 2.75) is 55.3 Å². The number of furan rings is 1. The smallest absolute Gasteiger partial charge is 0.261 e. The van der Waals surface area contributed by atoms with E-state index in [1.165, 1.54) is 18.4 Å². The summed E-state index contributed by atoms with van der Waals surface area (Å²) in [6.45, 7) is 2.03. The molecule has 2 fully saturated rings. The first-order valence-corrected chi connectivity index (χ1v) is 14.4. The lowest BCUT2D eigenvalue weighted by Crippen LogP contribution is -2.74. The monoisotopic (exact) mass is 529 g/mol. The zero-order chi connectivity index (χ0) is 25.0. The number of piperidine rings is 1. The van der Waals surface area contributed by atoms with Crippen LogP contribution < -0.4 is 4.74 Å². The first kappa shape index (κ1) is 24.7. The van der Waals surface area contributed by atoms with Gasteiger partial charge in [0.15, 0.2) is 17.6 Å². The second kappa shape index (κ2) is 7.94. The highest BCUT2D eigenvalue weighted by atomic mass is 32.2. The Morgan fingerprint density at radius 1 is 1.16 bits per heavy atom. The zero-order valence-electron chi connectivity index (χ0n) is 20.5. The van der Waals surface area contributed by atoms with Gasteiger partial charge in [0.25, 0.3) is 10.1 Å². The van der Waals surface area contributed by atoms with Crippen molar-refractivity contribution in [1.82, 2.24) is 4.90 Å². The molecule has 1 saturated heterocycles. The number of para-hydroxylation sites is 1. The molecule has 8 rings (SSSR count). The van der Waals surface area contributed by atoms with Gasteiger partial charge in [-0.25, -0.2) is 0 Å². The lowest BCUT2D eigenvalue weighted by atomic mass is 9.49. The van der Waals surface area contributed by atoms with Crippen molar-refractivity contribution < 1.29 is 37.8 Å². The van der Waals surface area contributed by atoms with Crippen LogP contribution in [0.2, 0.25) is 0 Å². The number of nitrogens with zero attached hydrogens (tertiary/aromatic N) is 1. The minimum Gasteiger partial charge on any atom is -0.504 e. The molecule has 4 atom stereocenters. The molecule has 0 amide bonds. The fourth-order valence-corrected chi connectivity index (χ4v) is 7.42. The van der Waals surface area contributed by atoms with Gasteiger partial charge < -0.3 is 24.8 Å². The average Bonchev–Trinajstić information content (AvgIpc) is 3.44. The lowest BCUT2D eigenvalue weighted by molar-refractivity contribution is -0.175. The molecule has 37 heavy (non-hydrogen) atoms. The number of hydrogen-bond donors (Lipinski definition) is 3. The van der Waals surface area contributed by atoms with E-state index in [9.17, 15) is 18.6 Å². The molecule has 3 heterocycles. The van der Waals surface area contributed by atoms with E-state index in [2.05, 4.69) is 11.0 Å². The molecule has 2 aliphatic heterocycles. The predicted octanol–water partition coefficient (Wildman–Crippen LogP) is 2.52. The maximum absolute atomic E-state index is 12.7. The Hall–Kier alpha value is -2.63. The molecule has 1 saturated carbocycles. The average molecular weight is 530 g/mol. The first-order chi connectivity index (χ1) is 17.1. The molecule has 3 aliphatic carbocycles. The van der Waals surface area contributed by atoms with Crippen LogP contribution in [0.4, 0.5) is 0 Å². The molecule has 0 radical (unpaired) electrons. The molecule has 2 bridgehead atoms. The molecule has 5 aliphatic rings. The van der Waals surface area contributed by atoms with E-state index >= 15 is 0 Å². The van der Waals surface area contributed by atoms with Gasteiger partial charge in [-0.05, 0) is 55.8 Å². The van der Waals surface area contributed by atoms with Crippen molar-refractivity contribution >= 4 is 21.1 Å². The number of aromatic hydroxyl groups is 1. The quantitative estimate of drug-likeness (QED) is 0.428. The van der Waals surface area contributed by atoms with Crippen LogP contribution in [0.5, 0.6) is 11.5 Å². The molecule has 5 N–H and O–H groups in total. The van der Waals surface area contributed by atoms with Crippen molar-refractivity contribution in [2.75, 3.05) is 19.3 Å². The Balaban J connectivity index is 0.000000387. The highest BCUT2D eigenvalue weighted by Gasteiger charge is 2.73. The normalized spacial score (nSPS) is 30.9. The van der Waals surface area contributed by atoms with E-state index in [0.29, 0.717) is 18.4 Å². The standard InChI is InChI=1S/C26H25NO4.CH4O3S.H2O/c28-18-8-7-15-11-20-26(29)12-17-16-3-1-2-4-19(16)30-22(17)24-25(26,21(15)23(18)31-24)9-10-27(20)13-14-5-6-14;1-5(2,3)4;/h1-4,7-8,14,20,24,28-29H,5-6,9-13H2;1H3,(H,2,3,4);1H2/t20?,24?,25-,26+;;/m0../s1. The van der Waals surface area contributed by atoms with Crippen molar-refractivity contribution in [2.24, 2.45) is 5.92 Å². The number of rotatable bonds is 2. The Morgan fingerprint density at radius 3 is 2.62 bits per heavy atom. The third-order valence-corrected chi connectivity index (χ3v) is 8.93. The molecule has 1 aromatic heterocycles. The molecule has 9 nitrogen and oxygen atoms in total. The molecule has 10 heteroatoms. The maximum atomic E-state index is 12.7. The number of aliphatic hydroxyl groups is 1. The lowest BCUT2D eigenvalue weighted by Gasteiger charge is -2.62. The van der Waals surface area contributed by atoms with Crippen LogP contribution >= 0.6 is 0 Å². The van der Waals surface area contributed by atoms with E-state index in [0.717, 1.165) is 59.7 Å². The van der Waals surface area contributed by atoms with Gasteiger partial charge in [0, 0.05) is 35.5 Å². The van der Waals surface area contributed by atoms with Crippen LogP contribution in [0.3, 0.4) is 0 Å². The van der Waals surface area contributed by atoms with Gasteiger partial charge in [0.1, 0.15) is 11.3 Å². The largest absolute Gasteiger partial charge is 0.504 e. The molecule has 3 aromatic rings. The van der Waals surface area contributed by atoms with Gasteiger partial charge in [-0.15, -0.1) is 0 Å². The fraction of sp³-hybridized carbons (Fsp3) is 0.481. The van der Waals surface area contributed by atoms with Gasteiger partial charge in [0.2, 0.25) is 0 Å². The van der Waals surface area contributed by atoms with Crippen LogP contribution in [0.15, 0.2) is 40.8 Å². The predicted molar refractivity (Wildman–Crippen MR) is 136 cm³/mol. The molecule has 2 aromatic carbocycles. The third kappa shape index (κ3) is 3.39. The summed E-state index contributed by atoms with van der Waals surface area (Å²) < 4.78 is 38.8. The Kier molecular flexibility index (Phi) is 5.30. The molecular formula is C27H31NO8S. The summed E-state index contributed by atoms with van der Waals surface area (Å²) in [5.74, 6) is 2.34. The first-order valence-electron chi connectivity index (χ1n) is 12.5. The molecular weight excluding hydrogens is 498 g/mol. The van der Waals surface area contributed by atoms with Gasteiger partial charge in [-0.3, -0.25) is 9.45 Å². The highest BCUT2D eigenvalue weighted by molar-refractivity contribution is 7.85. The van der Waals surface area contributed by atoms with Crippen molar-refractivity contribution in [3.05, 3.63) is 58.8 Å². The maximum Gasteiger partial charge on any atom is 0.261 e. The topological polar surface area (TPSA) is 152 Å². The van der Waals surface area contributed by atoms with Crippen LogP contribution in [0, 0.1) is 5.92 Å². The highest BCUT2D eigenvalue weighted by Crippen LogP contribution is 2.69. The van der Waals surface area contributed by atoms with Gasteiger partial charge in [-0.2, -0.15) is 8.42 Å². The number of phenols is 1. The summed E-state index contributed by atoms with van der Waals surface area (Å²) in [6, 6.07) is 12.0. The number of phenolic OH excluding ortho intramolecular Hbond substituents is 1. The van der Waals surface area contributed by atoms with E-state index < -0.39 is 27.2 Å². The molecule has 2 unspecified atom stereocenters. The van der Waals surface area contributed by atoms with Gasteiger partial charge >= 0.3 is 0 Å². The number of benzene rings is 2. The van der Waals surface area contributed by atoms with Crippen molar-refractivity contribution in [3.63, 3.8) is 0 Å². The SMILES string of the molecule is CS(=O)(=O)O.O.Oc1ccc2c3c1OC1c4oc5ccccc5c4C[C@@]4(O)C(C2)N(CC2CC2)CC[C@]314. The van der Waals surface area contributed by atoms with E-state index in [-0.39, 0.29) is 17.3 Å². The number of likely N-dealkylation sites (tertiary alicyclic amines) is 1. The second-order valence-electron chi connectivity index (χ2n) is 11.1. The number of ether oxygens (including phenoxy) is 1. The van der Waals surface area contributed by atoms with Crippen LogP contribution in [0.1, 0.15) is 47.8 Å². The van der Waals surface area contributed by atoms with Crippen molar-refractivity contribution in [1.29, 1.82) is 0 Å². The Labute approximate surface area is 214 Å². The van der Waals surface area contributed by atoms with Gasteiger partial charge in [0.05, 0.1) is 17.3 Å². The second-order valence-corrected chi connectivity index (χ2v) is 12.6. The summed E-state index contributed by atoms with van der Waals surface area (Å²) in [5, 5.41) is 24.5. The van der Waals surface area contributed by atoms with E-state index in [4.69, 9.17) is 13.7 Å². The fourth-order valence-electron chi connectivity index (χ4n) is 7.42. The summed E-state index contributed by atoms with van der Waals surface area (Å²) in [5.41, 5.74) is 2.65. The number of fused-ring (bicyclic) bond motifs is 4. The molecule has 198 valence electrons. The summed E-state index contributed by atoms with van der Waals surface area (Å²) in [6.07, 6.45) is 5.12. The van der Waals surface area contributed by atoms with Crippen molar-refractivity contribution in [3.8, 4) is 11.5 Å². The van der Waals surface area contributed by atoms with Crippen LogP contribution in [-0.4, -0.2) is 64.5 Å². The molecule has 1 spiro atoms. The van der Waals surface area contributed by atoms with E-state index in [1.807, 2.05) is 24.3 Å². The Bertz CT molecular complexity index is 1500. The van der Waals surface area contributed by atoms with Crippen LogP contribution in [0.25, 0.3) is 11.0 Å². The summed E-state index contributed by atoms with van der Waals surface area (Å²) >= 11 is 0. The Morgan fingerprint density at radius 2 is 1.89 bits per heavy atom. The number of hydrogen-bond acceptors (Lipinski definition) is 7.